The minimum Gasteiger partial charge on any atom is -0.309 e. The van der Waals surface area contributed by atoms with Gasteiger partial charge in [0.2, 0.25) is 0 Å². The van der Waals surface area contributed by atoms with E-state index in [9.17, 15) is 17.6 Å². The summed E-state index contributed by atoms with van der Waals surface area (Å²) in [4.78, 5) is 0. The molecule has 2 aromatic rings. The van der Waals surface area contributed by atoms with Gasteiger partial charge in [0.1, 0.15) is 5.82 Å². The number of benzene rings is 2. The first-order chi connectivity index (χ1) is 9.88. The van der Waals surface area contributed by atoms with Gasteiger partial charge in [-0.25, -0.2) is 4.39 Å². The quantitative estimate of drug-likeness (QED) is 0.800. The van der Waals surface area contributed by atoms with Crippen molar-refractivity contribution in [3.8, 4) is 0 Å². The third-order valence-corrected chi connectivity index (χ3v) is 3.38. The first kappa shape index (κ1) is 15.8. The van der Waals surface area contributed by atoms with Crippen molar-refractivity contribution in [2.45, 2.75) is 19.3 Å². The van der Waals surface area contributed by atoms with Gasteiger partial charge >= 0.3 is 6.18 Å². The number of halogens is 5. The molecule has 2 rings (SSSR count). The lowest BCUT2D eigenvalue weighted by molar-refractivity contribution is -0.137. The van der Waals surface area contributed by atoms with E-state index in [1.807, 2.05) is 0 Å². The lowest BCUT2D eigenvalue weighted by Gasteiger charge is -2.09. The smallest absolute Gasteiger partial charge is 0.309 e. The van der Waals surface area contributed by atoms with Crippen LogP contribution in [0, 0.1) is 5.82 Å². The molecule has 1 N–H and O–H groups in total. The van der Waals surface area contributed by atoms with E-state index in [2.05, 4.69) is 5.32 Å². The predicted molar refractivity (Wildman–Crippen MR) is 73.4 cm³/mol. The molecule has 0 heterocycles. The Hall–Kier alpha value is -1.59. The lowest BCUT2D eigenvalue weighted by atomic mass is 10.1. The fourth-order valence-corrected chi connectivity index (χ4v) is 2.03. The maximum Gasteiger partial charge on any atom is 0.416 e. The van der Waals surface area contributed by atoms with Crippen LogP contribution < -0.4 is 5.32 Å². The van der Waals surface area contributed by atoms with Crippen LogP contribution in [0.15, 0.2) is 42.5 Å². The van der Waals surface area contributed by atoms with Gasteiger partial charge in [0.05, 0.1) is 10.6 Å². The van der Waals surface area contributed by atoms with Crippen LogP contribution in [-0.2, 0) is 19.3 Å². The first-order valence-electron chi connectivity index (χ1n) is 6.17. The molecule has 0 bridgehead atoms. The van der Waals surface area contributed by atoms with Crippen LogP contribution in [0.5, 0.6) is 0 Å². The van der Waals surface area contributed by atoms with E-state index in [1.165, 1.54) is 18.2 Å². The Balaban J connectivity index is 1.93. The molecule has 2 aromatic carbocycles. The minimum absolute atomic E-state index is 0.0532. The molecule has 0 saturated carbocycles. The summed E-state index contributed by atoms with van der Waals surface area (Å²) in [6.45, 7) is 0.697. The van der Waals surface area contributed by atoms with Gasteiger partial charge in [-0.15, -0.1) is 0 Å². The van der Waals surface area contributed by atoms with Crippen molar-refractivity contribution in [1.82, 2.24) is 5.32 Å². The molecule has 0 spiro atoms. The summed E-state index contributed by atoms with van der Waals surface area (Å²) in [5.74, 6) is -0.495. The van der Waals surface area contributed by atoms with Crippen LogP contribution in [0.1, 0.15) is 16.7 Å². The highest BCUT2D eigenvalue weighted by atomic mass is 35.5. The molecule has 21 heavy (non-hydrogen) atoms. The molecule has 0 aliphatic carbocycles. The first-order valence-corrected chi connectivity index (χ1v) is 6.55. The van der Waals surface area contributed by atoms with E-state index >= 15 is 0 Å². The molecule has 0 aromatic heterocycles. The number of alkyl halides is 3. The molecule has 0 radical (unpaired) electrons. The van der Waals surface area contributed by atoms with E-state index in [0.717, 1.165) is 12.1 Å². The van der Waals surface area contributed by atoms with Gasteiger partial charge in [-0.1, -0.05) is 35.9 Å². The van der Waals surface area contributed by atoms with Gasteiger partial charge in [0.25, 0.3) is 0 Å². The second-order valence-electron chi connectivity index (χ2n) is 4.51. The highest BCUT2D eigenvalue weighted by Crippen LogP contribution is 2.29. The summed E-state index contributed by atoms with van der Waals surface area (Å²) in [6.07, 6.45) is -4.33. The Labute approximate surface area is 124 Å². The number of hydrogen-bond donors (Lipinski definition) is 1. The Morgan fingerprint density at radius 2 is 1.62 bits per heavy atom. The van der Waals surface area contributed by atoms with Crippen LogP contribution in [0.4, 0.5) is 17.6 Å². The van der Waals surface area contributed by atoms with Gasteiger partial charge in [-0.2, -0.15) is 13.2 Å². The van der Waals surface area contributed by atoms with Crippen LogP contribution in [0.25, 0.3) is 0 Å². The third-order valence-electron chi connectivity index (χ3n) is 2.96. The highest BCUT2D eigenvalue weighted by molar-refractivity contribution is 6.31. The molecule has 0 saturated heterocycles. The highest BCUT2D eigenvalue weighted by Gasteiger charge is 2.29. The van der Waals surface area contributed by atoms with Crippen LogP contribution in [-0.4, -0.2) is 0 Å². The van der Waals surface area contributed by atoms with Gasteiger partial charge < -0.3 is 5.32 Å². The average Bonchev–Trinajstić information content (AvgIpc) is 2.43. The van der Waals surface area contributed by atoms with Crippen molar-refractivity contribution in [1.29, 1.82) is 0 Å². The van der Waals surface area contributed by atoms with E-state index in [0.29, 0.717) is 24.2 Å². The van der Waals surface area contributed by atoms with Crippen LogP contribution >= 0.6 is 11.6 Å². The molecule has 1 nitrogen and oxygen atoms in total. The van der Waals surface area contributed by atoms with E-state index < -0.39 is 17.6 Å². The standard InChI is InChI=1S/C15H12ClF4N/c16-14-11(2-1-3-13(14)17)9-21-8-10-4-6-12(7-5-10)15(18,19)20/h1-7,21H,8-9H2. The van der Waals surface area contributed by atoms with Gasteiger partial charge in [0.15, 0.2) is 0 Å². The zero-order valence-electron chi connectivity index (χ0n) is 10.8. The molecular formula is C15H12ClF4N. The Bertz CT molecular complexity index is 608. The summed E-state index contributed by atoms with van der Waals surface area (Å²) in [6, 6.07) is 9.38. The molecule has 0 atom stereocenters. The molecule has 112 valence electrons. The Morgan fingerprint density at radius 1 is 0.952 bits per heavy atom. The monoisotopic (exact) mass is 317 g/mol. The van der Waals surface area contributed by atoms with Crippen molar-refractivity contribution >= 4 is 11.6 Å². The van der Waals surface area contributed by atoms with Crippen LogP contribution in [0.2, 0.25) is 5.02 Å². The van der Waals surface area contributed by atoms with E-state index in [1.54, 1.807) is 12.1 Å². The summed E-state index contributed by atoms with van der Waals surface area (Å²) in [5.41, 5.74) is 0.624. The van der Waals surface area contributed by atoms with Gasteiger partial charge in [-0.05, 0) is 29.3 Å². The molecule has 0 fully saturated rings. The molecular weight excluding hydrogens is 306 g/mol. The minimum atomic E-state index is -4.33. The Kier molecular flexibility index (Phi) is 4.85. The Morgan fingerprint density at radius 3 is 2.24 bits per heavy atom. The van der Waals surface area contributed by atoms with E-state index in [-0.39, 0.29) is 5.02 Å². The third kappa shape index (κ3) is 4.19. The molecule has 0 amide bonds. The summed E-state index contributed by atoms with van der Waals surface area (Å²) < 4.78 is 50.4. The number of rotatable bonds is 4. The second kappa shape index (κ2) is 6.45. The van der Waals surface area contributed by atoms with Crippen molar-refractivity contribution in [3.05, 3.63) is 70.0 Å². The molecule has 0 unspecified atom stereocenters. The van der Waals surface area contributed by atoms with E-state index in [4.69, 9.17) is 11.6 Å². The molecule has 6 heteroatoms. The zero-order valence-corrected chi connectivity index (χ0v) is 11.6. The normalized spacial score (nSPS) is 11.7. The van der Waals surface area contributed by atoms with Crippen molar-refractivity contribution < 1.29 is 17.6 Å². The van der Waals surface area contributed by atoms with Crippen molar-refractivity contribution in [2.75, 3.05) is 0 Å². The fourth-order valence-electron chi connectivity index (χ4n) is 1.84. The van der Waals surface area contributed by atoms with Gasteiger partial charge in [-0.3, -0.25) is 0 Å². The van der Waals surface area contributed by atoms with Crippen molar-refractivity contribution in [3.63, 3.8) is 0 Å². The predicted octanol–water partition coefficient (Wildman–Crippen LogP) is 4.79. The summed E-state index contributed by atoms with van der Waals surface area (Å²) >= 11 is 5.81. The van der Waals surface area contributed by atoms with Gasteiger partial charge in [0, 0.05) is 13.1 Å². The maximum atomic E-state index is 13.2. The summed E-state index contributed by atoms with van der Waals surface area (Å²) in [5, 5.41) is 3.07. The fraction of sp³-hybridized carbons (Fsp3) is 0.200. The largest absolute Gasteiger partial charge is 0.416 e. The number of nitrogens with one attached hydrogen (secondary N) is 1. The topological polar surface area (TPSA) is 12.0 Å². The number of hydrogen-bond acceptors (Lipinski definition) is 1. The summed E-state index contributed by atoms with van der Waals surface area (Å²) in [7, 11) is 0. The molecule has 0 aliphatic heterocycles. The second-order valence-corrected chi connectivity index (χ2v) is 4.89. The molecule has 0 aliphatic rings. The average molecular weight is 318 g/mol. The lowest BCUT2D eigenvalue weighted by Crippen LogP contribution is -2.13. The van der Waals surface area contributed by atoms with Crippen LogP contribution in [0.3, 0.4) is 0 Å². The SMILES string of the molecule is Fc1cccc(CNCc2ccc(C(F)(F)F)cc2)c1Cl. The zero-order chi connectivity index (χ0) is 15.5. The maximum absolute atomic E-state index is 13.2. The van der Waals surface area contributed by atoms with Crippen molar-refractivity contribution in [2.24, 2.45) is 0 Å².